The second-order valence-corrected chi connectivity index (χ2v) is 4.69. The molecule has 1 aromatic rings. The lowest BCUT2D eigenvalue weighted by atomic mass is 10.1. The second kappa shape index (κ2) is 5.69. The maximum absolute atomic E-state index is 9.26. The molecule has 4 nitrogen and oxygen atoms in total. The Hall–Kier alpha value is -0.810. The Morgan fingerprint density at radius 2 is 2.24 bits per heavy atom. The van der Waals surface area contributed by atoms with E-state index in [4.69, 9.17) is 21.4 Å². The average Bonchev–Trinajstić information content (AvgIpc) is 2.26. The van der Waals surface area contributed by atoms with Crippen LogP contribution in [0.15, 0.2) is 24.3 Å². The fourth-order valence-corrected chi connectivity index (χ4v) is 2.01. The molecule has 94 valence electrons. The summed E-state index contributed by atoms with van der Waals surface area (Å²) in [7, 11) is 0. The molecule has 0 spiro atoms. The van der Waals surface area contributed by atoms with Crippen LogP contribution in [-0.2, 0) is 0 Å². The molecule has 1 aliphatic rings. The standard InChI is InChI=1S/C12H16ClNO3/c13-9-2-1-3-11(4-9)17-12-6-14(7-12)5-10(16)8-15/h1-4,10,12,15-16H,5-8H2/t10-/m1/s1. The van der Waals surface area contributed by atoms with Crippen molar-refractivity contribution in [3.8, 4) is 5.75 Å². The third kappa shape index (κ3) is 3.57. The van der Waals surface area contributed by atoms with Gasteiger partial charge in [-0.05, 0) is 18.2 Å². The maximum atomic E-state index is 9.26. The lowest BCUT2D eigenvalue weighted by Gasteiger charge is -2.39. The molecule has 17 heavy (non-hydrogen) atoms. The highest BCUT2D eigenvalue weighted by atomic mass is 35.5. The minimum Gasteiger partial charge on any atom is -0.488 e. The number of β-amino-alcohol motifs (C(OH)–C–C–N with tert-alkyl or cyclic N) is 1. The highest BCUT2D eigenvalue weighted by molar-refractivity contribution is 6.30. The van der Waals surface area contributed by atoms with E-state index >= 15 is 0 Å². The number of likely N-dealkylation sites (tertiary alicyclic amines) is 1. The van der Waals surface area contributed by atoms with Crippen LogP contribution in [0.1, 0.15) is 0 Å². The Morgan fingerprint density at radius 1 is 1.47 bits per heavy atom. The first-order valence-corrected chi connectivity index (χ1v) is 5.98. The largest absolute Gasteiger partial charge is 0.488 e. The van der Waals surface area contributed by atoms with Gasteiger partial charge in [-0.2, -0.15) is 0 Å². The van der Waals surface area contributed by atoms with Crippen molar-refractivity contribution in [3.05, 3.63) is 29.3 Å². The predicted molar refractivity (Wildman–Crippen MR) is 65.4 cm³/mol. The molecule has 1 heterocycles. The molecule has 2 rings (SSSR count). The van der Waals surface area contributed by atoms with Crippen LogP contribution in [-0.4, -0.2) is 53.6 Å². The van der Waals surface area contributed by atoms with E-state index in [9.17, 15) is 5.11 Å². The van der Waals surface area contributed by atoms with Crippen LogP contribution in [0, 0.1) is 0 Å². The van der Waals surface area contributed by atoms with Crippen LogP contribution < -0.4 is 4.74 Å². The minimum atomic E-state index is -0.665. The van der Waals surface area contributed by atoms with Crippen LogP contribution in [0.3, 0.4) is 0 Å². The third-order valence-electron chi connectivity index (χ3n) is 2.70. The zero-order chi connectivity index (χ0) is 12.3. The molecule has 1 fully saturated rings. The van der Waals surface area contributed by atoms with Gasteiger partial charge in [-0.1, -0.05) is 17.7 Å². The van der Waals surface area contributed by atoms with Crippen molar-refractivity contribution in [2.45, 2.75) is 12.2 Å². The second-order valence-electron chi connectivity index (χ2n) is 4.25. The van der Waals surface area contributed by atoms with Crippen molar-refractivity contribution < 1.29 is 14.9 Å². The van der Waals surface area contributed by atoms with Gasteiger partial charge in [0.25, 0.3) is 0 Å². The summed E-state index contributed by atoms with van der Waals surface area (Å²) in [5, 5.41) is 18.6. The zero-order valence-electron chi connectivity index (χ0n) is 9.42. The lowest BCUT2D eigenvalue weighted by Crippen LogP contribution is -2.56. The fraction of sp³-hybridized carbons (Fsp3) is 0.500. The molecular formula is C12H16ClNO3. The molecular weight excluding hydrogens is 242 g/mol. The van der Waals surface area contributed by atoms with E-state index < -0.39 is 6.10 Å². The van der Waals surface area contributed by atoms with Gasteiger partial charge < -0.3 is 14.9 Å². The fourth-order valence-electron chi connectivity index (χ4n) is 1.83. The van der Waals surface area contributed by atoms with Crippen molar-refractivity contribution in [1.29, 1.82) is 0 Å². The number of halogens is 1. The van der Waals surface area contributed by atoms with Crippen molar-refractivity contribution in [3.63, 3.8) is 0 Å². The Kier molecular flexibility index (Phi) is 4.23. The Labute approximate surface area is 105 Å². The van der Waals surface area contributed by atoms with Gasteiger partial charge >= 0.3 is 0 Å². The van der Waals surface area contributed by atoms with E-state index in [0.717, 1.165) is 18.8 Å². The number of aliphatic hydroxyl groups excluding tert-OH is 2. The van der Waals surface area contributed by atoms with E-state index in [1.807, 2.05) is 17.0 Å². The molecule has 2 N–H and O–H groups in total. The SMILES string of the molecule is OC[C@H](O)CN1CC(Oc2cccc(Cl)c2)C1. The molecule has 0 saturated carbocycles. The van der Waals surface area contributed by atoms with Gasteiger partial charge in [0.05, 0.1) is 12.7 Å². The van der Waals surface area contributed by atoms with Crippen LogP contribution in [0.2, 0.25) is 5.02 Å². The predicted octanol–water partition coefficient (Wildman–Crippen LogP) is 0.756. The summed E-state index contributed by atoms with van der Waals surface area (Å²) in [6.07, 6.45) is -0.526. The summed E-state index contributed by atoms with van der Waals surface area (Å²) >= 11 is 5.85. The monoisotopic (exact) mass is 257 g/mol. The van der Waals surface area contributed by atoms with Crippen LogP contribution >= 0.6 is 11.6 Å². The van der Waals surface area contributed by atoms with E-state index in [1.165, 1.54) is 0 Å². The van der Waals surface area contributed by atoms with Crippen molar-refractivity contribution in [1.82, 2.24) is 4.90 Å². The summed E-state index contributed by atoms with van der Waals surface area (Å²) < 4.78 is 5.71. The van der Waals surface area contributed by atoms with Crippen molar-refractivity contribution in [2.75, 3.05) is 26.2 Å². The van der Waals surface area contributed by atoms with E-state index in [2.05, 4.69) is 0 Å². The quantitative estimate of drug-likeness (QED) is 0.818. The maximum Gasteiger partial charge on any atom is 0.124 e. The average molecular weight is 258 g/mol. The molecule has 1 saturated heterocycles. The first-order chi connectivity index (χ1) is 8.17. The van der Waals surface area contributed by atoms with Crippen molar-refractivity contribution >= 4 is 11.6 Å². The van der Waals surface area contributed by atoms with Gasteiger partial charge in [0.15, 0.2) is 0 Å². The van der Waals surface area contributed by atoms with Crippen LogP contribution in [0.25, 0.3) is 0 Å². The van der Waals surface area contributed by atoms with Crippen LogP contribution in [0.5, 0.6) is 5.75 Å². The smallest absolute Gasteiger partial charge is 0.124 e. The Balaban J connectivity index is 1.74. The van der Waals surface area contributed by atoms with E-state index in [0.29, 0.717) is 11.6 Å². The Bertz CT molecular complexity index is 369. The van der Waals surface area contributed by atoms with E-state index in [-0.39, 0.29) is 12.7 Å². The molecule has 1 atom stereocenters. The molecule has 0 unspecified atom stereocenters. The van der Waals surface area contributed by atoms with Gasteiger partial charge in [-0.15, -0.1) is 0 Å². The summed E-state index contributed by atoms with van der Waals surface area (Å²) in [6.45, 7) is 1.83. The highest BCUT2D eigenvalue weighted by Crippen LogP contribution is 2.21. The van der Waals surface area contributed by atoms with Crippen LogP contribution in [0.4, 0.5) is 0 Å². The number of nitrogens with zero attached hydrogens (tertiary/aromatic N) is 1. The number of ether oxygens (including phenoxy) is 1. The minimum absolute atomic E-state index is 0.138. The first-order valence-electron chi connectivity index (χ1n) is 5.61. The van der Waals surface area contributed by atoms with Gasteiger partial charge in [0.2, 0.25) is 0 Å². The van der Waals surface area contributed by atoms with Gasteiger partial charge in [0.1, 0.15) is 11.9 Å². The molecule has 0 amide bonds. The number of hydrogen-bond donors (Lipinski definition) is 2. The number of benzene rings is 1. The Morgan fingerprint density at radius 3 is 2.88 bits per heavy atom. The molecule has 1 aliphatic heterocycles. The summed E-state index contributed by atoms with van der Waals surface area (Å²) in [5.74, 6) is 0.768. The van der Waals surface area contributed by atoms with Gasteiger partial charge in [-0.3, -0.25) is 4.90 Å². The molecule has 0 bridgehead atoms. The molecule has 0 aromatic heterocycles. The number of rotatable bonds is 5. The lowest BCUT2D eigenvalue weighted by molar-refractivity contribution is -0.0201. The molecule has 5 heteroatoms. The summed E-state index contributed by atoms with van der Waals surface area (Å²) in [5.41, 5.74) is 0. The van der Waals surface area contributed by atoms with E-state index in [1.54, 1.807) is 12.1 Å². The summed E-state index contributed by atoms with van der Waals surface area (Å²) in [4.78, 5) is 2.04. The third-order valence-corrected chi connectivity index (χ3v) is 2.94. The first kappa shape index (κ1) is 12.6. The normalized spacial score (nSPS) is 18.8. The van der Waals surface area contributed by atoms with Gasteiger partial charge in [-0.25, -0.2) is 0 Å². The molecule has 0 radical (unpaired) electrons. The van der Waals surface area contributed by atoms with Gasteiger partial charge in [0, 0.05) is 24.7 Å². The zero-order valence-corrected chi connectivity index (χ0v) is 10.2. The topological polar surface area (TPSA) is 52.9 Å². The number of aliphatic hydroxyl groups is 2. The molecule has 1 aromatic carbocycles. The summed E-state index contributed by atoms with van der Waals surface area (Å²) in [6, 6.07) is 7.31. The van der Waals surface area contributed by atoms with Crippen molar-refractivity contribution in [2.24, 2.45) is 0 Å². The highest BCUT2D eigenvalue weighted by Gasteiger charge is 2.29. The number of hydrogen-bond acceptors (Lipinski definition) is 4. The molecule has 0 aliphatic carbocycles.